The van der Waals surface area contributed by atoms with Gasteiger partial charge in [-0.15, -0.1) is 0 Å². The Morgan fingerprint density at radius 1 is 1.28 bits per heavy atom. The van der Waals surface area contributed by atoms with Gasteiger partial charge in [-0.1, -0.05) is 31.4 Å². The Bertz CT molecular complexity index is 405. The summed E-state index contributed by atoms with van der Waals surface area (Å²) in [6.07, 6.45) is 4.64. The summed E-state index contributed by atoms with van der Waals surface area (Å²) in [5.41, 5.74) is 0.765. The van der Waals surface area contributed by atoms with Crippen molar-refractivity contribution in [3.63, 3.8) is 0 Å². The first kappa shape index (κ1) is 13.2. The molecule has 0 heterocycles. The smallest absolute Gasteiger partial charge is 0.319 e. The van der Waals surface area contributed by atoms with Gasteiger partial charge in [0.25, 0.3) is 0 Å². The van der Waals surface area contributed by atoms with E-state index in [1.807, 2.05) is 0 Å². The van der Waals surface area contributed by atoms with Gasteiger partial charge in [0.15, 0.2) is 0 Å². The van der Waals surface area contributed by atoms with E-state index in [4.69, 9.17) is 11.6 Å². The van der Waals surface area contributed by atoms with Crippen molar-refractivity contribution in [3.8, 4) is 0 Å². The molecule has 18 heavy (non-hydrogen) atoms. The van der Waals surface area contributed by atoms with Crippen LogP contribution >= 0.6 is 11.6 Å². The number of nitrogens with one attached hydrogen (secondary N) is 2. The first-order valence-electron chi connectivity index (χ1n) is 6.46. The zero-order valence-electron chi connectivity index (χ0n) is 10.6. The molecule has 98 valence electrons. The van der Waals surface area contributed by atoms with Crippen LogP contribution in [-0.4, -0.2) is 12.1 Å². The van der Waals surface area contributed by atoms with Crippen LogP contribution in [0.3, 0.4) is 0 Å². The van der Waals surface area contributed by atoms with E-state index in [1.165, 1.54) is 12.8 Å². The van der Waals surface area contributed by atoms with Crippen LogP contribution in [0, 0.1) is 5.92 Å². The van der Waals surface area contributed by atoms with E-state index < -0.39 is 0 Å². The van der Waals surface area contributed by atoms with Crippen molar-refractivity contribution in [1.29, 1.82) is 0 Å². The van der Waals surface area contributed by atoms with Crippen molar-refractivity contribution < 1.29 is 4.79 Å². The quantitative estimate of drug-likeness (QED) is 0.833. The Morgan fingerprint density at radius 3 is 2.67 bits per heavy atom. The average Bonchev–Trinajstić information content (AvgIpc) is 2.32. The first-order valence-corrected chi connectivity index (χ1v) is 6.84. The molecule has 0 bridgehead atoms. The molecule has 0 saturated heterocycles. The van der Waals surface area contributed by atoms with Crippen molar-refractivity contribution >= 4 is 23.3 Å². The van der Waals surface area contributed by atoms with Crippen molar-refractivity contribution in [3.05, 3.63) is 29.3 Å². The number of amides is 2. The van der Waals surface area contributed by atoms with E-state index in [1.54, 1.807) is 24.3 Å². The van der Waals surface area contributed by atoms with Crippen molar-refractivity contribution in [1.82, 2.24) is 5.32 Å². The molecular weight excluding hydrogens is 248 g/mol. The molecule has 1 saturated carbocycles. The van der Waals surface area contributed by atoms with E-state index in [0.29, 0.717) is 17.0 Å². The minimum absolute atomic E-state index is 0.128. The van der Waals surface area contributed by atoms with Gasteiger partial charge in [0, 0.05) is 16.8 Å². The molecule has 0 unspecified atom stereocenters. The number of hydrogen-bond acceptors (Lipinski definition) is 1. The third-order valence-electron chi connectivity index (χ3n) is 3.37. The number of rotatable bonds is 2. The number of hydrogen-bond donors (Lipinski definition) is 2. The lowest BCUT2D eigenvalue weighted by Gasteiger charge is -2.27. The Labute approximate surface area is 113 Å². The van der Waals surface area contributed by atoms with Crippen molar-refractivity contribution in [2.75, 3.05) is 5.32 Å². The molecule has 2 rings (SSSR count). The third-order valence-corrected chi connectivity index (χ3v) is 3.63. The lowest BCUT2D eigenvalue weighted by atomic mass is 9.87. The van der Waals surface area contributed by atoms with Gasteiger partial charge < -0.3 is 10.6 Å². The van der Waals surface area contributed by atoms with Gasteiger partial charge in [-0.2, -0.15) is 0 Å². The highest BCUT2D eigenvalue weighted by atomic mass is 35.5. The van der Waals surface area contributed by atoms with Crippen LogP contribution < -0.4 is 10.6 Å². The maximum Gasteiger partial charge on any atom is 0.319 e. The van der Waals surface area contributed by atoms with Gasteiger partial charge in [-0.3, -0.25) is 0 Å². The van der Waals surface area contributed by atoms with Gasteiger partial charge >= 0.3 is 6.03 Å². The highest BCUT2D eigenvalue weighted by Crippen LogP contribution is 2.23. The van der Waals surface area contributed by atoms with Crippen molar-refractivity contribution in [2.24, 2.45) is 5.92 Å². The minimum atomic E-state index is -0.128. The molecule has 1 aliphatic carbocycles. The number of benzene rings is 1. The number of urea groups is 1. The number of carbonyl (C=O) groups excluding carboxylic acids is 1. The molecule has 2 atom stereocenters. The minimum Gasteiger partial charge on any atom is -0.335 e. The predicted molar refractivity (Wildman–Crippen MR) is 75.0 cm³/mol. The van der Waals surface area contributed by atoms with Crippen LogP contribution in [0.4, 0.5) is 10.5 Å². The third kappa shape index (κ3) is 3.91. The van der Waals surface area contributed by atoms with Gasteiger partial charge in [0.2, 0.25) is 0 Å². The summed E-state index contributed by atoms with van der Waals surface area (Å²) in [5, 5.41) is 6.52. The zero-order chi connectivity index (χ0) is 13.0. The summed E-state index contributed by atoms with van der Waals surface area (Å²) in [6.45, 7) is 2.24. The van der Waals surface area contributed by atoms with Crippen LogP contribution in [0.5, 0.6) is 0 Å². The Balaban J connectivity index is 1.83. The summed E-state index contributed by atoms with van der Waals surface area (Å²) in [4.78, 5) is 11.8. The molecule has 0 radical (unpaired) electrons. The fourth-order valence-electron chi connectivity index (χ4n) is 2.45. The fraction of sp³-hybridized carbons (Fsp3) is 0.500. The molecule has 3 nitrogen and oxygen atoms in total. The molecular formula is C14H19ClN2O. The summed E-state index contributed by atoms with van der Waals surface area (Å²) >= 11 is 5.79. The summed E-state index contributed by atoms with van der Waals surface area (Å²) in [5.74, 6) is 0.708. The summed E-state index contributed by atoms with van der Waals surface area (Å²) in [7, 11) is 0. The zero-order valence-corrected chi connectivity index (χ0v) is 11.3. The van der Waals surface area contributed by atoms with Crippen LogP contribution in [-0.2, 0) is 0 Å². The second-order valence-electron chi connectivity index (χ2n) is 5.07. The molecule has 0 aromatic heterocycles. The lowest BCUT2D eigenvalue weighted by Crippen LogP contribution is -2.40. The standard InChI is InChI=1S/C14H19ClN2O/c1-10-3-2-4-13(9-10)17-14(18)16-12-7-5-11(15)6-8-12/h5-8,10,13H,2-4,9H2,1H3,(H2,16,17,18)/t10-,13-/m1/s1. The molecule has 4 heteroatoms. The molecule has 0 aliphatic heterocycles. The monoisotopic (exact) mass is 266 g/mol. The fourth-order valence-corrected chi connectivity index (χ4v) is 2.58. The normalized spacial score (nSPS) is 23.4. The van der Waals surface area contributed by atoms with Crippen LogP contribution in [0.1, 0.15) is 32.6 Å². The maximum atomic E-state index is 11.8. The van der Waals surface area contributed by atoms with Crippen molar-refractivity contribution in [2.45, 2.75) is 38.6 Å². The maximum absolute atomic E-state index is 11.8. The first-order chi connectivity index (χ1) is 8.63. The van der Waals surface area contributed by atoms with E-state index in [0.717, 1.165) is 18.5 Å². The number of carbonyl (C=O) groups is 1. The van der Waals surface area contributed by atoms with E-state index in [9.17, 15) is 4.79 Å². The van der Waals surface area contributed by atoms with Gasteiger partial charge in [-0.25, -0.2) is 4.79 Å². The highest BCUT2D eigenvalue weighted by Gasteiger charge is 2.20. The Morgan fingerprint density at radius 2 is 2.00 bits per heavy atom. The molecule has 1 aromatic rings. The van der Waals surface area contributed by atoms with Crippen LogP contribution in [0.15, 0.2) is 24.3 Å². The van der Waals surface area contributed by atoms with Gasteiger partial charge in [0.1, 0.15) is 0 Å². The number of halogens is 1. The average molecular weight is 267 g/mol. The van der Waals surface area contributed by atoms with Crippen LogP contribution in [0.2, 0.25) is 5.02 Å². The number of anilines is 1. The van der Waals surface area contributed by atoms with E-state index in [2.05, 4.69) is 17.6 Å². The van der Waals surface area contributed by atoms with Gasteiger partial charge in [-0.05, 0) is 43.0 Å². The molecule has 1 aromatic carbocycles. The Kier molecular flexibility index (Phi) is 4.48. The van der Waals surface area contributed by atoms with E-state index in [-0.39, 0.29) is 6.03 Å². The van der Waals surface area contributed by atoms with Gasteiger partial charge in [0.05, 0.1) is 0 Å². The molecule has 0 spiro atoms. The SMILES string of the molecule is C[C@@H]1CCC[C@@H](NC(=O)Nc2ccc(Cl)cc2)C1. The predicted octanol–water partition coefficient (Wildman–Crippen LogP) is 4.04. The van der Waals surface area contributed by atoms with Crippen LogP contribution in [0.25, 0.3) is 0 Å². The molecule has 1 aliphatic rings. The largest absolute Gasteiger partial charge is 0.335 e. The second kappa shape index (κ2) is 6.10. The second-order valence-corrected chi connectivity index (χ2v) is 5.51. The van der Waals surface area contributed by atoms with E-state index >= 15 is 0 Å². The molecule has 1 fully saturated rings. The molecule has 2 amide bonds. The lowest BCUT2D eigenvalue weighted by molar-refractivity contribution is 0.238. The summed E-state index contributed by atoms with van der Waals surface area (Å²) in [6, 6.07) is 7.30. The topological polar surface area (TPSA) is 41.1 Å². The summed E-state index contributed by atoms with van der Waals surface area (Å²) < 4.78 is 0. The Hall–Kier alpha value is -1.22. The molecule has 2 N–H and O–H groups in total. The highest BCUT2D eigenvalue weighted by molar-refractivity contribution is 6.30.